The largest absolute Gasteiger partial charge is 0.294 e. The summed E-state index contributed by atoms with van der Waals surface area (Å²) in [7, 11) is 0. The van der Waals surface area contributed by atoms with Gasteiger partial charge in [-0.05, 0) is 17.7 Å². The van der Waals surface area contributed by atoms with Crippen LogP contribution in [0.4, 0.5) is 0 Å². The van der Waals surface area contributed by atoms with E-state index in [1.807, 2.05) is 48.5 Å². The summed E-state index contributed by atoms with van der Waals surface area (Å²) in [4.78, 5) is 39.6. The molecule has 0 spiro atoms. The van der Waals surface area contributed by atoms with Crippen LogP contribution in [0.15, 0.2) is 84.9 Å². The van der Waals surface area contributed by atoms with Crippen LogP contribution in [0.25, 0.3) is 0 Å². The number of nitrogens with zero attached hydrogens (tertiary/aromatic N) is 1. The lowest BCUT2D eigenvalue weighted by molar-refractivity contribution is 0.0637. The van der Waals surface area contributed by atoms with Gasteiger partial charge in [0.05, 0.1) is 11.1 Å². The van der Waals surface area contributed by atoms with Crippen molar-refractivity contribution < 1.29 is 14.4 Å². The summed E-state index contributed by atoms with van der Waals surface area (Å²) in [5, 5.41) is 0. The van der Waals surface area contributed by atoms with Crippen LogP contribution in [0, 0.1) is 0 Å². The van der Waals surface area contributed by atoms with Crippen molar-refractivity contribution in [2.24, 2.45) is 0 Å². The van der Waals surface area contributed by atoms with Crippen LogP contribution in [-0.4, -0.2) is 29.0 Å². The van der Waals surface area contributed by atoms with Crippen LogP contribution < -0.4 is 0 Å². The molecule has 3 aromatic rings. The summed E-state index contributed by atoms with van der Waals surface area (Å²) in [5.74, 6) is -0.871. The van der Waals surface area contributed by atoms with E-state index in [4.69, 9.17) is 0 Å². The van der Waals surface area contributed by atoms with Gasteiger partial charge in [-0.25, -0.2) is 0 Å². The first-order valence-electron chi connectivity index (χ1n) is 9.23. The molecule has 4 rings (SSSR count). The van der Waals surface area contributed by atoms with Crippen molar-refractivity contribution in [1.82, 2.24) is 4.90 Å². The molecule has 4 nitrogen and oxygen atoms in total. The molecule has 1 atom stereocenters. The zero-order chi connectivity index (χ0) is 19.5. The fraction of sp³-hybridized carbons (Fsp3) is 0.125. The summed E-state index contributed by atoms with van der Waals surface area (Å²) < 4.78 is 0. The van der Waals surface area contributed by atoms with Gasteiger partial charge in [0.25, 0.3) is 11.8 Å². The van der Waals surface area contributed by atoms with Crippen molar-refractivity contribution in [2.45, 2.75) is 12.3 Å². The second-order valence-corrected chi connectivity index (χ2v) is 6.87. The summed E-state index contributed by atoms with van der Waals surface area (Å²) >= 11 is 0. The number of carbonyl (C=O) groups is 3. The number of benzene rings is 3. The average Bonchev–Trinajstić information content (AvgIpc) is 2.99. The number of fused-ring (bicyclic) bond motifs is 1. The molecule has 28 heavy (non-hydrogen) atoms. The predicted octanol–water partition coefficient (Wildman–Crippen LogP) is 4.34. The Morgan fingerprint density at radius 3 is 1.79 bits per heavy atom. The van der Waals surface area contributed by atoms with Crippen LogP contribution >= 0.6 is 0 Å². The monoisotopic (exact) mass is 369 g/mol. The Hall–Kier alpha value is -3.53. The zero-order valence-electron chi connectivity index (χ0n) is 15.2. The van der Waals surface area contributed by atoms with E-state index in [0.717, 1.165) is 5.56 Å². The van der Waals surface area contributed by atoms with Crippen LogP contribution in [0.2, 0.25) is 0 Å². The lowest BCUT2D eigenvalue weighted by Gasteiger charge is -2.22. The number of carbonyl (C=O) groups excluding carboxylic acids is 3. The maximum absolute atomic E-state index is 12.8. The highest BCUT2D eigenvalue weighted by Crippen LogP contribution is 2.28. The lowest BCUT2D eigenvalue weighted by Crippen LogP contribution is -2.34. The van der Waals surface area contributed by atoms with Gasteiger partial charge in [0.1, 0.15) is 0 Å². The van der Waals surface area contributed by atoms with Crippen LogP contribution in [0.1, 0.15) is 49.0 Å². The Morgan fingerprint density at radius 2 is 1.21 bits per heavy atom. The Morgan fingerprint density at radius 1 is 0.714 bits per heavy atom. The third kappa shape index (κ3) is 3.37. The number of amides is 2. The Labute approximate surface area is 163 Å². The van der Waals surface area contributed by atoms with Crippen molar-refractivity contribution in [3.05, 3.63) is 107 Å². The molecule has 0 fully saturated rings. The van der Waals surface area contributed by atoms with Crippen LogP contribution in [0.3, 0.4) is 0 Å². The molecule has 4 heteroatoms. The van der Waals surface area contributed by atoms with Crippen LogP contribution in [-0.2, 0) is 0 Å². The topological polar surface area (TPSA) is 54.5 Å². The molecule has 1 aliphatic rings. The number of rotatable bonds is 6. The third-order valence-electron chi connectivity index (χ3n) is 5.08. The molecule has 0 aliphatic carbocycles. The average molecular weight is 369 g/mol. The van der Waals surface area contributed by atoms with Crippen molar-refractivity contribution in [1.29, 1.82) is 0 Å². The SMILES string of the molecule is O=C(CC(CN1C(=O)c2ccccc2C1=O)c1ccccc1)c1ccccc1. The molecule has 0 saturated heterocycles. The van der Waals surface area contributed by atoms with Crippen LogP contribution in [0.5, 0.6) is 0 Å². The summed E-state index contributed by atoms with van der Waals surface area (Å²) in [5.41, 5.74) is 2.41. The van der Waals surface area contributed by atoms with Gasteiger partial charge in [0.2, 0.25) is 0 Å². The smallest absolute Gasteiger partial charge is 0.261 e. The molecule has 2 amide bonds. The van der Waals surface area contributed by atoms with Gasteiger partial charge in [-0.1, -0.05) is 72.8 Å². The molecule has 1 heterocycles. The van der Waals surface area contributed by atoms with E-state index in [-0.39, 0.29) is 36.5 Å². The Balaban J connectivity index is 1.61. The normalized spacial score (nSPS) is 14.1. The van der Waals surface area contributed by atoms with E-state index in [1.165, 1.54) is 4.90 Å². The molecule has 0 radical (unpaired) electrons. The first-order chi connectivity index (χ1) is 13.6. The second-order valence-electron chi connectivity index (χ2n) is 6.87. The number of ketones is 1. The highest BCUT2D eigenvalue weighted by molar-refractivity contribution is 6.21. The van der Waals surface area contributed by atoms with Crippen molar-refractivity contribution in [3.63, 3.8) is 0 Å². The number of imide groups is 1. The standard InChI is InChI=1S/C24H19NO3/c26-22(18-11-5-2-6-12-18)15-19(17-9-3-1-4-10-17)16-25-23(27)20-13-7-8-14-21(20)24(25)28/h1-14,19H,15-16H2. The minimum atomic E-state index is -0.298. The minimum Gasteiger partial charge on any atom is -0.294 e. The predicted molar refractivity (Wildman–Crippen MR) is 106 cm³/mol. The van der Waals surface area contributed by atoms with Gasteiger partial charge >= 0.3 is 0 Å². The first kappa shape index (κ1) is 17.9. The van der Waals surface area contributed by atoms with E-state index < -0.39 is 0 Å². The summed E-state index contributed by atoms with van der Waals surface area (Å²) in [6.45, 7) is 0.176. The maximum Gasteiger partial charge on any atom is 0.261 e. The Kier molecular flexibility index (Phi) is 4.85. The fourth-order valence-corrected chi connectivity index (χ4v) is 3.60. The quantitative estimate of drug-likeness (QED) is 0.480. The maximum atomic E-state index is 12.8. The summed E-state index contributed by atoms with van der Waals surface area (Å²) in [6.07, 6.45) is 0.224. The molecule has 3 aromatic carbocycles. The van der Waals surface area contributed by atoms with E-state index in [9.17, 15) is 14.4 Å². The van der Waals surface area contributed by atoms with Gasteiger partial charge in [0, 0.05) is 24.4 Å². The van der Waals surface area contributed by atoms with Crippen molar-refractivity contribution >= 4 is 17.6 Å². The Bertz CT molecular complexity index is 993. The fourth-order valence-electron chi connectivity index (χ4n) is 3.60. The van der Waals surface area contributed by atoms with Gasteiger partial charge in [-0.2, -0.15) is 0 Å². The molecule has 138 valence electrons. The lowest BCUT2D eigenvalue weighted by atomic mass is 9.91. The minimum absolute atomic E-state index is 0.00828. The van der Waals surface area contributed by atoms with Gasteiger partial charge in [0.15, 0.2) is 5.78 Å². The van der Waals surface area contributed by atoms with Gasteiger partial charge in [-0.15, -0.1) is 0 Å². The highest BCUT2D eigenvalue weighted by Gasteiger charge is 2.37. The van der Waals surface area contributed by atoms with E-state index in [2.05, 4.69) is 0 Å². The van der Waals surface area contributed by atoms with E-state index in [1.54, 1.807) is 36.4 Å². The van der Waals surface area contributed by atoms with Gasteiger partial charge < -0.3 is 0 Å². The zero-order valence-corrected chi connectivity index (χ0v) is 15.2. The summed E-state index contributed by atoms with van der Waals surface area (Å²) in [6, 6.07) is 25.5. The highest BCUT2D eigenvalue weighted by atomic mass is 16.2. The molecule has 1 unspecified atom stereocenters. The molecule has 1 aliphatic heterocycles. The van der Waals surface area contributed by atoms with Crippen molar-refractivity contribution in [2.75, 3.05) is 6.54 Å². The third-order valence-corrected chi connectivity index (χ3v) is 5.08. The molecule has 0 aromatic heterocycles. The molecular formula is C24H19NO3. The molecule has 0 bridgehead atoms. The number of Topliss-reactive ketones (excluding diaryl/α,β-unsaturated/α-hetero) is 1. The second kappa shape index (κ2) is 7.61. The molecule has 0 N–H and O–H groups in total. The first-order valence-corrected chi connectivity index (χ1v) is 9.23. The molecular weight excluding hydrogens is 350 g/mol. The van der Waals surface area contributed by atoms with E-state index in [0.29, 0.717) is 16.7 Å². The number of hydrogen-bond donors (Lipinski definition) is 0. The number of hydrogen-bond acceptors (Lipinski definition) is 3. The van der Waals surface area contributed by atoms with Gasteiger partial charge in [-0.3, -0.25) is 19.3 Å². The molecule has 0 saturated carbocycles. The van der Waals surface area contributed by atoms with Crippen molar-refractivity contribution in [3.8, 4) is 0 Å². The van der Waals surface area contributed by atoms with E-state index >= 15 is 0 Å².